The second-order valence-corrected chi connectivity index (χ2v) is 5.69. The molecule has 0 aromatic heterocycles. The lowest BCUT2D eigenvalue weighted by molar-refractivity contribution is 1.12. The summed E-state index contributed by atoms with van der Waals surface area (Å²) in [4.78, 5) is 0.397. The van der Waals surface area contributed by atoms with Crippen molar-refractivity contribution in [1.29, 1.82) is 0 Å². The fourth-order valence-electron chi connectivity index (χ4n) is 1.87. The summed E-state index contributed by atoms with van der Waals surface area (Å²) in [6.07, 6.45) is 0. The smallest absolute Gasteiger partial charge is 0.106 e. The maximum Gasteiger partial charge on any atom is 0.106 e. The largest absolute Gasteiger partial charge is 0.389 e. The Morgan fingerprint density at radius 2 is 2.00 bits per heavy atom. The Bertz CT molecular complexity index is 611. The van der Waals surface area contributed by atoms with Crippen LogP contribution in [0, 0.1) is 6.92 Å². The maximum atomic E-state index is 5.75. The Morgan fingerprint density at radius 3 is 2.68 bits per heavy atom. The highest BCUT2D eigenvalue weighted by atomic mass is 79.9. The second-order valence-electron chi connectivity index (χ2n) is 4.33. The van der Waals surface area contributed by atoms with Crippen LogP contribution in [0.2, 0.25) is 0 Å². The molecular formula is C15H15BrN2S. The molecule has 0 spiro atoms. The van der Waals surface area contributed by atoms with Crippen LogP contribution in [0.3, 0.4) is 0 Å². The lowest BCUT2D eigenvalue weighted by Gasteiger charge is -2.13. The zero-order chi connectivity index (χ0) is 13.8. The fourth-order valence-corrected chi connectivity index (χ4v) is 2.40. The van der Waals surface area contributed by atoms with Gasteiger partial charge >= 0.3 is 0 Å². The molecule has 0 aliphatic rings. The highest BCUT2D eigenvalue weighted by molar-refractivity contribution is 9.10. The van der Waals surface area contributed by atoms with Crippen molar-refractivity contribution in [2.24, 2.45) is 5.73 Å². The van der Waals surface area contributed by atoms with Crippen molar-refractivity contribution in [3.05, 3.63) is 63.6 Å². The molecule has 2 nitrogen and oxygen atoms in total. The van der Waals surface area contributed by atoms with Gasteiger partial charge in [-0.25, -0.2) is 0 Å². The summed E-state index contributed by atoms with van der Waals surface area (Å²) in [5, 5.41) is 3.39. The highest BCUT2D eigenvalue weighted by Gasteiger charge is 2.06. The van der Waals surface area contributed by atoms with Gasteiger partial charge in [-0.15, -0.1) is 0 Å². The van der Waals surface area contributed by atoms with Crippen molar-refractivity contribution in [2.75, 3.05) is 5.32 Å². The Balaban J connectivity index is 2.20. The molecule has 0 amide bonds. The van der Waals surface area contributed by atoms with E-state index in [9.17, 15) is 0 Å². The van der Waals surface area contributed by atoms with Crippen molar-refractivity contribution in [1.82, 2.24) is 0 Å². The van der Waals surface area contributed by atoms with Crippen molar-refractivity contribution >= 4 is 38.8 Å². The van der Waals surface area contributed by atoms with Crippen molar-refractivity contribution in [3.8, 4) is 0 Å². The van der Waals surface area contributed by atoms with Gasteiger partial charge in [0.15, 0.2) is 0 Å². The molecule has 0 fully saturated rings. The predicted molar refractivity (Wildman–Crippen MR) is 88.5 cm³/mol. The summed E-state index contributed by atoms with van der Waals surface area (Å²) in [6.45, 7) is 2.86. The minimum Gasteiger partial charge on any atom is -0.389 e. The number of benzene rings is 2. The summed E-state index contributed by atoms with van der Waals surface area (Å²) in [6, 6.07) is 14.2. The number of rotatable bonds is 4. The van der Waals surface area contributed by atoms with Gasteiger partial charge in [0.05, 0.1) is 0 Å². The van der Waals surface area contributed by atoms with Crippen molar-refractivity contribution in [3.63, 3.8) is 0 Å². The van der Waals surface area contributed by atoms with E-state index in [2.05, 4.69) is 40.3 Å². The van der Waals surface area contributed by atoms with Gasteiger partial charge in [-0.05, 0) is 36.2 Å². The van der Waals surface area contributed by atoms with Gasteiger partial charge in [0.25, 0.3) is 0 Å². The highest BCUT2D eigenvalue weighted by Crippen LogP contribution is 2.22. The number of aryl methyl sites for hydroxylation is 1. The molecule has 3 N–H and O–H groups in total. The van der Waals surface area contributed by atoms with Gasteiger partial charge in [0.2, 0.25) is 0 Å². The van der Waals surface area contributed by atoms with E-state index in [0.717, 1.165) is 22.3 Å². The van der Waals surface area contributed by atoms with Gasteiger partial charge in [-0.2, -0.15) is 0 Å². The van der Waals surface area contributed by atoms with Gasteiger partial charge in [-0.1, -0.05) is 52.4 Å². The summed E-state index contributed by atoms with van der Waals surface area (Å²) < 4.78 is 0.969. The first-order valence-corrected chi connectivity index (χ1v) is 7.16. The Morgan fingerprint density at radius 1 is 1.26 bits per heavy atom. The monoisotopic (exact) mass is 334 g/mol. The lowest BCUT2D eigenvalue weighted by atomic mass is 10.1. The molecule has 2 rings (SSSR count). The molecule has 0 saturated carbocycles. The van der Waals surface area contributed by atoms with Gasteiger partial charge < -0.3 is 11.1 Å². The molecule has 0 heterocycles. The predicted octanol–water partition coefficient (Wildman–Crippen LogP) is 4.00. The van der Waals surface area contributed by atoms with E-state index >= 15 is 0 Å². The van der Waals surface area contributed by atoms with Crippen LogP contribution in [0.25, 0.3) is 0 Å². The normalized spacial score (nSPS) is 10.2. The average molecular weight is 335 g/mol. The van der Waals surface area contributed by atoms with Crippen LogP contribution in [0.1, 0.15) is 16.7 Å². The lowest BCUT2D eigenvalue weighted by Crippen LogP contribution is -2.13. The standard InChI is InChI=1S/C15H15BrN2S/c1-10-4-2-3-5-11(10)9-18-14-7-6-12(16)8-13(14)15(17)19/h2-8,18H,9H2,1H3,(H2,17,19). The van der Waals surface area contributed by atoms with Crippen LogP contribution in [-0.4, -0.2) is 4.99 Å². The first-order valence-electron chi connectivity index (χ1n) is 5.95. The molecule has 2 aromatic carbocycles. The number of nitrogens with two attached hydrogens (primary N) is 1. The summed E-state index contributed by atoms with van der Waals surface area (Å²) in [5.74, 6) is 0. The average Bonchev–Trinajstić information content (AvgIpc) is 2.38. The minimum atomic E-state index is 0.397. The fraction of sp³-hybridized carbons (Fsp3) is 0.133. The van der Waals surface area contributed by atoms with Crippen LogP contribution in [0.4, 0.5) is 5.69 Å². The van der Waals surface area contributed by atoms with E-state index in [1.165, 1.54) is 11.1 Å². The Hall–Kier alpha value is -1.39. The van der Waals surface area contributed by atoms with Crippen LogP contribution in [0.5, 0.6) is 0 Å². The molecule has 2 aromatic rings. The van der Waals surface area contributed by atoms with E-state index in [4.69, 9.17) is 18.0 Å². The molecule has 19 heavy (non-hydrogen) atoms. The molecule has 4 heteroatoms. The Labute approximate surface area is 127 Å². The topological polar surface area (TPSA) is 38.0 Å². The van der Waals surface area contributed by atoms with E-state index in [1.807, 2.05) is 30.3 Å². The molecule has 0 aliphatic heterocycles. The molecular weight excluding hydrogens is 320 g/mol. The van der Waals surface area contributed by atoms with E-state index in [1.54, 1.807) is 0 Å². The number of nitrogens with one attached hydrogen (secondary N) is 1. The SMILES string of the molecule is Cc1ccccc1CNc1ccc(Br)cc1C(N)=S. The second kappa shape index (κ2) is 6.17. The first kappa shape index (κ1) is 14.0. The molecule has 0 saturated heterocycles. The van der Waals surface area contributed by atoms with Crippen molar-refractivity contribution < 1.29 is 0 Å². The zero-order valence-corrected chi connectivity index (χ0v) is 13.0. The summed E-state index contributed by atoms with van der Waals surface area (Å²) >= 11 is 8.51. The number of thiocarbonyl (C=S) groups is 1. The van der Waals surface area contributed by atoms with Gasteiger partial charge in [0.1, 0.15) is 4.99 Å². The van der Waals surface area contributed by atoms with Crippen LogP contribution >= 0.6 is 28.1 Å². The van der Waals surface area contributed by atoms with E-state index in [-0.39, 0.29) is 0 Å². The van der Waals surface area contributed by atoms with E-state index in [0.29, 0.717) is 4.99 Å². The third kappa shape index (κ3) is 3.55. The van der Waals surface area contributed by atoms with Crippen LogP contribution in [0.15, 0.2) is 46.9 Å². The Kier molecular flexibility index (Phi) is 4.56. The number of hydrogen-bond acceptors (Lipinski definition) is 2. The van der Waals surface area contributed by atoms with Crippen LogP contribution in [-0.2, 0) is 6.54 Å². The maximum absolute atomic E-state index is 5.75. The molecule has 0 bridgehead atoms. The number of halogens is 1. The van der Waals surface area contributed by atoms with Gasteiger partial charge in [0, 0.05) is 22.3 Å². The zero-order valence-electron chi connectivity index (χ0n) is 10.6. The molecule has 0 atom stereocenters. The van der Waals surface area contributed by atoms with Gasteiger partial charge in [-0.3, -0.25) is 0 Å². The molecule has 0 radical (unpaired) electrons. The molecule has 0 aliphatic carbocycles. The van der Waals surface area contributed by atoms with Crippen molar-refractivity contribution in [2.45, 2.75) is 13.5 Å². The third-order valence-electron chi connectivity index (χ3n) is 2.98. The first-order chi connectivity index (χ1) is 9.08. The molecule has 0 unspecified atom stereocenters. The third-order valence-corrected chi connectivity index (χ3v) is 3.69. The summed E-state index contributed by atoms with van der Waals surface area (Å²) in [5.41, 5.74) is 10.1. The summed E-state index contributed by atoms with van der Waals surface area (Å²) in [7, 11) is 0. The molecule has 98 valence electrons. The minimum absolute atomic E-state index is 0.397. The quantitative estimate of drug-likeness (QED) is 0.830. The number of hydrogen-bond donors (Lipinski definition) is 2. The van der Waals surface area contributed by atoms with Crippen LogP contribution < -0.4 is 11.1 Å². The van der Waals surface area contributed by atoms with E-state index < -0.39 is 0 Å². The number of anilines is 1.